The van der Waals surface area contributed by atoms with Gasteiger partial charge < -0.3 is 20.1 Å². The van der Waals surface area contributed by atoms with E-state index in [2.05, 4.69) is 10.6 Å². The van der Waals surface area contributed by atoms with Gasteiger partial charge in [0, 0.05) is 29.5 Å². The highest BCUT2D eigenvalue weighted by Crippen LogP contribution is 2.24. The summed E-state index contributed by atoms with van der Waals surface area (Å²) in [4.78, 5) is 26.7. The number of carbonyl (C=O) groups excluding carboxylic acids is 2. The third kappa shape index (κ3) is 5.45. The molecule has 0 radical (unpaired) electrons. The normalized spacial score (nSPS) is 14.4. The third-order valence-electron chi connectivity index (χ3n) is 4.30. The van der Waals surface area contributed by atoms with Gasteiger partial charge in [-0.1, -0.05) is 11.6 Å². The van der Waals surface area contributed by atoms with Gasteiger partial charge in [-0.3, -0.25) is 14.5 Å². The van der Waals surface area contributed by atoms with E-state index in [0.717, 1.165) is 13.1 Å². The van der Waals surface area contributed by atoms with Gasteiger partial charge in [0.25, 0.3) is 5.91 Å². The lowest BCUT2D eigenvalue weighted by Gasteiger charge is -2.25. The number of carbonyl (C=O) groups is 2. The van der Waals surface area contributed by atoms with Gasteiger partial charge in [-0.25, -0.2) is 0 Å². The van der Waals surface area contributed by atoms with Crippen LogP contribution in [0.4, 0.5) is 11.4 Å². The summed E-state index contributed by atoms with van der Waals surface area (Å²) in [6, 6.07) is 11.8. The number of anilines is 2. The fraction of sp³-hybridized carbons (Fsp3) is 0.300. The van der Waals surface area contributed by atoms with Crippen molar-refractivity contribution in [1.82, 2.24) is 4.90 Å². The molecule has 28 heavy (non-hydrogen) atoms. The summed E-state index contributed by atoms with van der Waals surface area (Å²) >= 11 is 5.97. The molecule has 8 heteroatoms. The molecule has 0 unspecified atom stereocenters. The molecular formula is C20H22ClN3O4. The van der Waals surface area contributed by atoms with Crippen molar-refractivity contribution in [3.05, 3.63) is 53.1 Å². The maximum Gasteiger partial charge on any atom is 0.259 e. The molecule has 0 aromatic heterocycles. The van der Waals surface area contributed by atoms with Crippen molar-refractivity contribution in [2.24, 2.45) is 0 Å². The van der Waals surface area contributed by atoms with E-state index in [1.807, 2.05) is 4.90 Å². The first-order valence-electron chi connectivity index (χ1n) is 8.90. The molecule has 7 nitrogen and oxygen atoms in total. The molecule has 0 saturated carbocycles. The van der Waals surface area contributed by atoms with Gasteiger partial charge in [0.15, 0.2) is 0 Å². The highest BCUT2D eigenvalue weighted by Gasteiger charge is 2.15. The first-order chi connectivity index (χ1) is 13.5. The smallest absolute Gasteiger partial charge is 0.259 e. The first-order valence-corrected chi connectivity index (χ1v) is 9.28. The van der Waals surface area contributed by atoms with Gasteiger partial charge in [0.2, 0.25) is 5.91 Å². The molecule has 1 heterocycles. The van der Waals surface area contributed by atoms with Crippen molar-refractivity contribution >= 4 is 34.8 Å². The number of benzene rings is 2. The molecule has 0 atom stereocenters. The lowest BCUT2D eigenvalue weighted by Crippen LogP contribution is -2.41. The quantitative estimate of drug-likeness (QED) is 0.775. The third-order valence-corrected chi connectivity index (χ3v) is 4.54. The SMILES string of the molecule is COc1ccc(Cl)cc1C(=O)Nc1ccc(NC(=O)CN2CCOCC2)cc1. The van der Waals surface area contributed by atoms with E-state index in [0.29, 0.717) is 47.5 Å². The van der Waals surface area contributed by atoms with Gasteiger partial charge in [-0.2, -0.15) is 0 Å². The van der Waals surface area contributed by atoms with E-state index >= 15 is 0 Å². The summed E-state index contributed by atoms with van der Waals surface area (Å²) in [7, 11) is 1.49. The Hall–Kier alpha value is -2.61. The van der Waals surface area contributed by atoms with Crippen LogP contribution < -0.4 is 15.4 Å². The Morgan fingerprint density at radius 2 is 1.71 bits per heavy atom. The molecule has 3 rings (SSSR count). The zero-order valence-corrected chi connectivity index (χ0v) is 16.3. The fourth-order valence-corrected chi connectivity index (χ4v) is 3.03. The summed E-state index contributed by atoms with van der Waals surface area (Å²) in [5.74, 6) is 0.0275. The van der Waals surface area contributed by atoms with Crippen molar-refractivity contribution in [2.75, 3.05) is 50.6 Å². The van der Waals surface area contributed by atoms with Crippen molar-refractivity contribution in [2.45, 2.75) is 0 Å². The molecule has 1 aliphatic heterocycles. The maximum atomic E-state index is 12.5. The Bertz CT molecular complexity index is 836. The van der Waals surface area contributed by atoms with Crippen molar-refractivity contribution < 1.29 is 19.1 Å². The molecular weight excluding hydrogens is 382 g/mol. The minimum atomic E-state index is -0.330. The van der Waals surface area contributed by atoms with Crippen LogP contribution >= 0.6 is 11.6 Å². The zero-order valence-electron chi connectivity index (χ0n) is 15.5. The predicted octanol–water partition coefficient (Wildman–Crippen LogP) is 2.87. The highest BCUT2D eigenvalue weighted by molar-refractivity contribution is 6.31. The number of ether oxygens (including phenoxy) is 2. The van der Waals surface area contributed by atoms with Gasteiger partial charge in [-0.05, 0) is 42.5 Å². The van der Waals surface area contributed by atoms with Crippen molar-refractivity contribution in [1.29, 1.82) is 0 Å². The Kier molecular flexibility index (Phi) is 6.86. The second-order valence-corrected chi connectivity index (χ2v) is 6.75. The number of methoxy groups -OCH3 is 1. The van der Waals surface area contributed by atoms with Crippen LogP contribution in [0, 0.1) is 0 Å². The Morgan fingerprint density at radius 1 is 1.07 bits per heavy atom. The van der Waals surface area contributed by atoms with E-state index in [1.54, 1.807) is 42.5 Å². The summed E-state index contributed by atoms with van der Waals surface area (Å²) < 4.78 is 10.5. The van der Waals surface area contributed by atoms with E-state index < -0.39 is 0 Å². The van der Waals surface area contributed by atoms with E-state index in [1.165, 1.54) is 7.11 Å². The van der Waals surface area contributed by atoms with Crippen LogP contribution in [0.25, 0.3) is 0 Å². The van der Waals surface area contributed by atoms with Crippen molar-refractivity contribution in [3.63, 3.8) is 0 Å². The van der Waals surface area contributed by atoms with Crippen LogP contribution in [0.5, 0.6) is 5.75 Å². The minimum Gasteiger partial charge on any atom is -0.496 e. The molecule has 0 spiro atoms. The molecule has 148 valence electrons. The molecule has 1 aliphatic rings. The number of rotatable bonds is 6. The molecule has 2 N–H and O–H groups in total. The van der Waals surface area contributed by atoms with Crippen LogP contribution in [-0.2, 0) is 9.53 Å². The Balaban J connectivity index is 1.57. The number of hydrogen-bond acceptors (Lipinski definition) is 5. The van der Waals surface area contributed by atoms with Crippen LogP contribution in [0.3, 0.4) is 0 Å². The Morgan fingerprint density at radius 3 is 2.36 bits per heavy atom. The largest absolute Gasteiger partial charge is 0.496 e. The maximum absolute atomic E-state index is 12.5. The number of nitrogens with zero attached hydrogens (tertiary/aromatic N) is 1. The molecule has 2 amide bonds. The standard InChI is InChI=1S/C20H22ClN3O4/c1-27-18-7-2-14(21)12-17(18)20(26)23-16-5-3-15(4-6-16)22-19(25)13-24-8-10-28-11-9-24/h2-7,12H,8-11,13H2,1H3,(H,22,25)(H,23,26). The summed E-state index contributed by atoms with van der Waals surface area (Å²) in [5, 5.41) is 6.10. The first kappa shape index (κ1) is 20.1. The molecule has 2 aromatic carbocycles. The van der Waals surface area contributed by atoms with Crippen LogP contribution in [0.15, 0.2) is 42.5 Å². The topological polar surface area (TPSA) is 79.9 Å². The monoisotopic (exact) mass is 403 g/mol. The minimum absolute atomic E-state index is 0.0812. The van der Waals surface area contributed by atoms with E-state index in [9.17, 15) is 9.59 Å². The molecule has 0 aliphatic carbocycles. The molecule has 0 bridgehead atoms. The lowest BCUT2D eigenvalue weighted by atomic mass is 10.1. The average Bonchev–Trinajstić information content (AvgIpc) is 2.70. The average molecular weight is 404 g/mol. The molecule has 1 fully saturated rings. The van der Waals surface area contributed by atoms with Crippen molar-refractivity contribution in [3.8, 4) is 5.75 Å². The Labute approximate surface area is 168 Å². The van der Waals surface area contributed by atoms with Crippen LogP contribution in [-0.4, -0.2) is 56.7 Å². The molecule has 2 aromatic rings. The predicted molar refractivity (Wildman–Crippen MR) is 108 cm³/mol. The van der Waals surface area contributed by atoms with Crippen LogP contribution in [0.2, 0.25) is 5.02 Å². The number of morpholine rings is 1. The van der Waals surface area contributed by atoms with Crippen LogP contribution in [0.1, 0.15) is 10.4 Å². The zero-order chi connectivity index (χ0) is 19.9. The summed E-state index contributed by atoms with van der Waals surface area (Å²) in [5.41, 5.74) is 1.60. The van der Waals surface area contributed by atoms with E-state index in [4.69, 9.17) is 21.1 Å². The summed E-state index contributed by atoms with van der Waals surface area (Å²) in [6.45, 7) is 3.14. The number of amides is 2. The van der Waals surface area contributed by atoms with E-state index in [-0.39, 0.29) is 11.8 Å². The fourth-order valence-electron chi connectivity index (χ4n) is 2.86. The second-order valence-electron chi connectivity index (χ2n) is 6.31. The highest BCUT2D eigenvalue weighted by atomic mass is 35.5. The van der Waals surface area contributed by atoms with Gasteiger partial charge in [-0.15, -0.1) is 0 Å². The van der Waals surface area contributed by atoms with Gasteiger partial charge in [0.1, 0.15) is 5.75 Å². The molecule has 1 saturated heterocycles. The summed E-state index contributed by atoms with van der Waals surface area (Å²) in [6.07, 6.45) is 0. The lowest BCUT2D eigenvalue weighted by molar-refractivity contribution is -0.118. The number of halogens is 1. The van der Waals surface area contributed by atoms with Gasteiger partial charge in [0.05, 0.1) is 32.4 Å². The van der Waals surface area contributed by atoms with Gasteiger partial charge >= 0.3 is 0 Å². The second kappa shape index (κ2) is 9.54. The number of nitrogens with one attached hydrogen (secondary N) is 2. The number of hydrogen-bond donors (Lipinski definition) is 2.